The Morgan fingerprint density at radius 1 is 1.04 bits per heavy atom. The van der Waals surface area contributed by atoms with Gasteiger partial charge >= 0.3 is 6.18 Å². The topological polar surface area (TPSA) is 55.4 Å². The van der Waals surface area contributed by atoms with E-state index in [2.05, 4.69) is 4.72 Å². The summed E-state index contributed by atoms with van der Waals surface area (Å²) in [7, 11) is -3.99. The van der Waals surface area contributed by atoms with Crippen molar-refractivity contribution >= 4 is 15.7 Å². The largest absolute Gasteiger partial charge is 0.491 e. The zero-order valence-corrected chi connectivity index (χ0v) is 13.8. The van der Waals surface area contributed by atoms with E-state index in [-0.39, 0.29) is 16.7 Å². The molecule has 24 heavy (non-hydrogen) atoms. The fraction of sp³-hybridized carbons (Fsp3) is 0.250. The molecule has 0 bridgehead atoms. The third-order valence-electron chi connectivity index (χ3n) is 2.95. The molecule has 0 aliphatic carbocycles. The van der Waals surface area contributed by atoms with E-state index in [1.165, 1.54) is 30.3 Å². The van der Waals surface area contributed by atoms with Crippen LogP contribution in [0.4, 0.5) is 18.9 Å². The van der Waals surface area contributed by atoms with Crippen molar-refractivity contribution in [2.24, 2.45) is 0 Å². The van der Waals surface area contributed by atoms with E-state index in [9.17, 15) is 21.6 Å². The Bertz CT molecular complexity index is 800. The molecule has 0 atom stereocenters. The first-order valence-electron chi connectivity index (χ1n) is 7.05. The first kappa shape index (κ1) is 18.1. The molecule has 0 saturated carbocycles. The zero-order valence-electron chi connectivity index (χ0n) is 13.0. The third kappa shape index (κ3) is 4.64. The number of alkyl halides is 3. The zero-order chi connectivity index (χ0) is 18.0. The molecule has 4 nitrogen and oxygen atoms in total. The van der Waals surface area contributed by atoms with E-state index < -0.39 is 21.8 Å². The number of anilines is 1. The van der Waals surface area contributed by atoms with E-state index in [0.717, 1.165) is 18.2 Å². The van der Waals surface area contributed by atoms with Gasteiger partial charge in [0.25, 0.3) is 10.0 Å². The van der Waals surface area contributed by atoms with Crippen LogP contribution in [0.15, 0.2) is 53.4 Å². The van der Waals surface area contributed by atoms with Gasteiger partial charge in [-0.25, -0.2) is 8.42 Å². The number of hydrogen-bond acceptors (Lipinski definition) is 3. The molecule has 0 saturated heterocycles. The van der Waals surface area contributed by atoms with Crippen molar-refractivity contribution < 1.29 is 26.3 Å². The van der Waals surface area contributed by atoms with Crippen LogP contribution in [0.5, 0.6) is 5.75 Å². The molecular weight excluding hydrogens is 343 g/mol. The molecule has 8 heteroatoms. The molecule has 2 rings (SSSR count). The molecule has 0 unspecified atom stereocenters. The number of nitrogens with one attached hydrogen (secondary N) is 1. The first-order valence-corrected chi connectivity index (χ1v) is 8.53. The van der Waals surface area contributed by atoms with E-state index in [4.69, 9.17) is 4.74 Å². The van der Waals surface area contributed by atoms with E-state index in [1.54, 1.807) is 0 Å². The highest BCUT2D eigenvalue weighted by atomic mass is 32.2. The smallest absolute Gasteiger partial charge is 0.416 e. The minimum Gasteiger partial charge on any atom is -0.491 e. The molecule has 0 heterocycles. The highest BCUT2D eigenvalue weighted by Gasteiger charge is 2.30. The lowest BCUT2D eigenvalue weighted by Gasteiger charge is -2.12. The van der Waals surface area contributed by atoms with Crippen molar-refractivity contribution in [3.63, 3.8) is 0 Å². The number of sulfonamides is 1. The highest BCUT2D eigenvalue weighted by molar-refractivity contribution is 7.92. The Labute approximate surface area is 138 Å². The summed E-state index contributed by atoms with van der Waals surface area (Å²) in [6.07, 6.45) is -4.60. The predicted octanol–water partition coefficient (Wildman–Crippen LogP) is 4.29. The summed E-state index contributed by atoms with van der Waals surface area (Å²) < 4.78 is 70.1. The molecule has 0 amide bonds. The van der Waals surface area contributed by atoms with Crippen LogP contribution in [0.3, 0.4) is 0 Å². The minimum absolute atomic E-state index is 0.0595. The van der Waals surface area contributed by atoms with Crippen molar-refractivity contribution in [1.82, 2.24) is 0 Å². The maximum absolute atomic E-state index is 12.7. The number of rotatable bonds is 5. The van der Waals surface area contributed by atoms with Crippen LogP contribution >= 0.6 is 0 Å². The Morgan fingerprint density at radius 2 is 1.67 bits per heavy atom. The standard InChI is InChI=1S/C16H16F3NO3S/c1-11(2)23-14-6-8-15(9-7-14)24(21,22)20-13-5-3-4-12(10-13)16(17,18)19/h3-11,20H,1-2H3. The lowest BCUT2D eigenvalue weighted by molar-refractivity contribution is -0.137. The second-order valence-corrected chi connectivity index (χ2v) is 7.00. The Morgan fingerprint density at radius 3 is 2.21 bits per heavy atom. The van der Waals surface area contributed by atoms with Crippen LogP contribution in [0.25, 0.3) is 0 Å². The fourth-order valence-electron chi connectivity index (χ4n) is 1.94. The molecule has 2 aromatic rings. The molecule has 0 spiro atoms. The van der Waals surface area contributed by atoms with Crippen molar-refractivity contribution in [2.75, 3.05) is 4.72 Å². The molecule has 0 radical (unpaired) electrons. The van der Waals surface area contributed by atoms with Gasteiger partial charge in [0.1, 0.15) is 5.75 Å². The van der Waals surface area contributed by atoms with Crippen LogP contribution < -0.4 is 9.46 Å². The lowest BCUT2D eigenvalue weighted by Crippen LogP contribution is -2.14. The van der Waals surface area contributed by atoms with Gasteiger partial charge in [-0.05, 0) is 56.3 Å². The van der Waals surface area contributed by atoms with Crippen LogP contribution in [0.2, 0.25) is 0 Å². The summed E-state index contributed by atoms with van der Waals surface area (Å²) in [5, 5.41) is 0. The summed E-state index contributed by atoms with van der Waals surface area (Å²) in [6.45, 7) is 3.67. The van der Waals surface area contributed by atoms with Crippen LogP contribution in [-0.4, -0.2) is 14.5 Å². The van der Waals surface area contributed by atoms with Gasteiger partial charge in [-0.2, -0.15) is 13.2 Å². The summed E-state index contributed by atoms with van der Waals surface area (Å²) in [6, 6.07) is 9.63. The summed E-state index contributed by atoms with van der Waals surface area (Å²) >= 11 is 0. The molecule has 0 aliphatic heterocycles. The fourth-order valence-corrected chi connectivity index (χ4v) is 2.99. The SMILES string of the molecule is CC(C)Oc1ccc(S(=O)(=O)Nc2cccc(C(F)(F)F)c2)cc1. The van der Waals surface area contributed by atoms with Gasteiger partial charge in [0, 0.05) is 5.69 Å². The van der Waals surface area contributed by atoms with Gasteiger partial charge in [0.15, 0.2) is 0 Å². The monoisotopic (exact) mass is 359 g/mol. The van der Waals surface area contributed by atoms with Crippen LogP contribution in [0, 0.1) is 0 Å². The molecule has 0 aromatic heterocycles. The Kier molecular flexibility index (Phi) is 5.08. The molecule has 0 aliphatic rings. The summed E-state index contributed by atoms with van der Waals surface area (Å²) in [4.78, 5) is -0.0731. The van der Waals surface area contributed by atoms with Gasteiger partial charge in [0.05, 0.1) is 16.6 Å². The second kappa shape index (κ2) is 6.72. The van der Waals surface area contributed by atoms with Crippen LogP contribution in [0.1, 0.15) is 19.4 Å². The van der Waals surface area contributed by atoms with Crippen molar-refractivity contribution in [3.05, 3.63) is 54.1 Å². The number of benzene rings is 2. The maximum Gasteiger partial charge on any atom is 0.416 e. The number of halogens is 3. The first-order chi connectivity index (χ1) is 11.1. The van der Waals surface area contributed by atoms with E-state index in [1.807, 2.05) is 13.8 Å². The normalized spacial score (nSPS) is 12.2. The van der Waals surface area contributed by atoms with Crippen molar-refractivity contribution in [2.45, 2.75) is 31.0 Å². The summed E-state index contributed by atoms with van der Waals surface area (Å²) in [5.41, 5.74) is -1.09. The van der Waals surface area contributed by atoms with Crippen LogP contribution in [-0.2, 0) is 16.2 Å². The Balaban J connectivity index is 2.22. The highest BCUT2D eigenvalue weighted by Crippen LogP contribution is 2.31. The average Bonchev–Trinajstić information content (AvgIpc) is 2.46. The maximum atomic E-state index is 12.7. The minimum atomic E-state index is -4.54. The van der Waals surface area contributed by atoms with Crippen molar-refractivity contribution in [3.8, 4) is 5.75 Å². The average molecular weight is 359 g/mol. The van der Waals surface area contributed by atoms with Gasteiger partial charge in [-0.3, -0.25) is 4.72 Å². The lowest BCUT2D eigenvalue weighted by atomic mass is 10.2. The molecule has 2 aromatic carbocycles. The quantitative estimate of drug-likeness (QED) is 0.866. The number of ether oxygens (including phenoxy) is 1. The molecule has 1 N–H and O–H groups in total. The van der Waals surface area contributed by atoms with E-state index >= 15 is 0 Å². The van der Waals surface area contributed by atoms with Crippen molar-refractivity contribution in [1.29, 1.82) is 0 Å². The van der Waals surface area contributed by atoms with Gasteiger partial charge in [0.2, 0.25) is 0 Å². The van der Waals surface area contributed by atoms with Gasteiger partial charge in [-0.1, -0.05) is 6.07 Å². The molecule has 130 valence electrons. The predicted molar refractivity (Wildman–Crippen MR) is 84.5 cm³/mol. The summed E-state index contributed by atoms with van der Waals surface area (Å²) in [5.74, 6) is 0.503. The Hall–Kier alpha value is -2.22. The second-order valence-electron chi connectivity index (χ2n) is 5.32. The third-order valence-corrected chi connectivity index (χ3v) is 4.35. The van der Waals surface area contributed by atoms with Gasteiger partial charge in [-0.15, -0.1) is 0 Å². The molecular formula is C16H16F3NO3S. The number of hydrogen-bond donors (Lipinski definition) is 1. The van der Waals surface area contributed by atoms with Gasteiger partial charge < -0.3 is 4.74 Å². The van der Waals surface area contributed by atoms with E-state index in [0.29, 0.717) is 5.75 Å². The molecule has 0 fully saturated rings.